The van der Waals surface area contributed by atoms with Gasteiger partial charge in [0, 0.05) is 18.3 Å². The summed E-state index contributed by atoms with van der Waals surface area (Å²) in [6, 6.07) is 12.1. The van der Waals surface area contributed by atoms with Crippen molar-refractivity contribution in [2.75, 3.05) is 5.75 Å². The minimum atomic E-state index is -0.202. The highest BCUT2D eigenvalue weighted by Gasteiger charge is 2.16. The highest BCUT2D eigenvalue weighted by Crippen LogP contribution is 2.22. The van der Waals surface area contributed by atoms with Crippen LogP contribution in [0.4, 0.5) is 0 Å². The Morgan fingerprint density at radius 1 is 1.25 bits per heavy atom. The van der Waals surface area contributed by atoms with E-state index in [9.17, 15) is 9.59 Å². The Kier molecular flexibility index (Phi) is 5.11. The van der Waals surface area contributed by atoms with Crippen LogP contribution in [0.2, 0.25) is 5.02 Å². The van der Waals surface area contributed by atoms with Crippen molar-refractivity contribution in [1.82, 2.24) is 14.1 Å². The lowest BCUT2D eigenvalue weighted by atomic mass is 10.2. The van der Waals surface area contributed by atoms with Crippen molar-refractivity contribution in [2.45, 2.75) is 11.7 Å². The fourth-order valence-electron chi connectivity index (χ4n) is 2.94. The summed E-state index contributed by atoms with van der Waals surface area (Å²) < 4.78 is 8.69. The van der Waals surface area contributed by atoms with Crippen molar-refractivity contribution in [3.8, 4) is 0 Å². The van der Waals surface area contributed by atoms with Crippen LogP contribution in [0.15, 0.2) is 69.3 Å². The lowest BCUT2D eigenvalue weighted by molar-refractivity contribution is 0.101. The van der Waals surface area contributed by atoms with Gasteiger partial charge in [-0.2, -0.15) is 0 Å². The van der Waals surface area contributed by atoms with Gasteiger partial charge in [-0.15, -0.1) is 0 Å². The van der Waals surface area contributed by atoms with E-state index >= 15 is 0 Å². The number of ketones is 1. The minimum absolute atomic E-state index is 0.0394. The maximum Gasteiger partial charge on any atom is 0.262 e. The van der Waals surface area contributed by atoms with Gasteiger partial charge in [0.15, 0.2) is 10.9 Å². The van der Waals surface area contributed by atoms with Crippen molar-refractivity contribution in [3.05, 3.63) is 81.8 Å². The minimum Gasteiger partial charge on any atom is -0.467 e. The SMILES string of the molecule is Cn1cccc1C(=O)CSc1nc2cc(Cl)ccc2c(=O)n1Cc1ccco1. The van der Waals surface area contributed by atoms with Crippen LogP contribution in [-0.4, -0.2) is 25.7 Å². The van der Waals surface area contributed by atoms with Gasteiger partial charge >= 0.3 is 0 Å². The van der Waals surface area contributed by atoms with Crippen molar-refractivity contribution in [1.29, 1.82) is 0 Å². The van der Waals surface area contributed by atoms with E-state index in [-0.39, 0.29) is 23.6 Å². The summed E-state index contributed by atoms with van der Waals surface area (Å²) >= 11 is 7.29. The van der Waals surface area contributed by atoms with Crippen molar-refractivity contribution < 1.29 is 9.21 Å². The van der Waals surface area contributed by atoms with E-state index in [0.29, 0.717) is 32.5 Å². The van der Waals surface area contributed by atoms with Crippen molar-refractivity contribution in [2.24, 2.45) is 7.05 Å². The average Bonchev–Trinajstić information content (AvgIpc) is 3.33. The normalized spacial score (nSPS) is 11.2. The molecule has 0 aliphatic rings. The molecule has 6 nitrogen and oxygen atoms in total. The van der Waals surface area contributed by atoms with Gasteiger partial charge in [0.05, 0.1) is 35.2 Å². The molecule has 0 aliphatic carbocycles. The fraction of sp³-hybridized carbons (Fsp3) is 0.150. The van der Waals surface area contributed by atoms with Crippen LogP contribution >= 0.6 is 23.4 Å². The first-order chi connectivity index (χ1) is 13.5. The summed E-state index contributed by atoms with van der Waals surface area (Å²) in [5.74, 6) is 0.754. The number of hydrogen-bond donors (Lipinski definition) is 0. The molecule has 0 unspecified atom stereocenters. The zero-order valence-corrected chi connectivity index (χ0v) is 16.5. The molecule has 0 spiro atoms. The number of carbonyl (C=O) groups excluding carboxylic acids is 1. The summed E-state index contributed by atoms with van der Waals surface area (Å²) in [6.45, 7) is 0.234. The molecule has 4 rings (SSSR count). The number of nitrogens with zero attached hydrogens (tertiary/aromatic N) is 3. The number of benzene rings is 1. The lowest BCUT2D eigenvalue weighted by Crippen LogP contribution is -2.24. The van der Waals surface area contributed by atoms with Crippen LogP contribution in [0.25, 0.3) is 10.9 Å². The van der Waals surface area contributed by atoms with Gasteiger partial charge < -0.3 is 8.98 Å². The van der Waals surface area contributed by atoms with E-state index in [1.807, 2.05) is 19.3 Å². The number of thioether (sulfide) groups is 1. The van der Waals surface area contributed by atoms with Crippen molar-refractivity contribution in [3.63, 3.8) is 0 Å². The third-order valence-corrected chi connectivity index (χ3v) is 5.55. The third-order valence-electron chi connectivity index (χ3n) is 4.34. The number of halogens is 1. The first-order valence-corrected chi connectivity index (χ1v) is 9.89. The number of furan rings is 1. The Labute approximate surface area is 169 Å². The Morgan fingerprint density at radius 2 is 2.11 bits per heavy atom. The van der Waals surface area contributed by atoms with E-state index in [1.54, 1.807) is 47.2 Å². The van der Waals surface area contributed by atoms with Crippen LogP contribution in [0.1, 0.15) is 16.2 Å². The Balaban J connectivity index is 1.73. The molecule has 3 aromatic heterocycles. The van der Waals surface area contributed by atoms with Gasteiger partial charge in [-0.3, -0.25) is 14.2 Å². The molecule has 0 N–H and O–H groups in total. The van der Waals surface area contributed by atoms with Gasteiger partial charge in [-0.05, 0) is 42.5 Å². The molecular weight excluding hydrogens is 398 g/mol. The quantitative estimate of drug-likeness (QED) is 0.271. The zero-order valence-electron chi connectivity index (χ0n) is 15.0. The molecule has 0 amide bonds. The Hall–Kier alpha value is -2.77. The largest absolute Gasteiger partial charge is 0.467 e. The molecular formula is C20H16ClN3O3S. The third kappa shape index (κ3) is 3.63. The molecule has 0 saturated heterocycles. The summed E-state index contributed by atoms with van der Waals surface area (Å²) in [4.78, 5) is 30.2. The predicted octanol–water partition coefficient (Wildman–Crippen LogP) is 4.00. The standard InChI is InChI=1S/C20H16ClN3O3S/c1-23-8-2-5-17(23)18(25)12-28-20-22-16-10-13(21)6-7-15(16)19(26)24(20)11-14-4-3-9-27-14/h2-10H,11-12H2,1H3. The van der Waals surface area contributed by atoms with Crippen molar-refractivity contribution >= 4 is 40.0 Å². The Morgan fingerprint density at radius 3 is 2.82 bits per heavy atom. The highest BCUT2D eigenvalue weighted by atomic mass is 35.5. The van der Waals surface area contributed by atoms with Crippen LogP contribution in [0.5, 0.6) is 0 Å². The second kappa shape index (κ2) is 7.69. The lowest BCUT2D eigenvalue weighted by Gasteiger charge is -2.12. The molecule has 0 bridgehead atoms. The molecule has 0 radical (unpaired) electrons. The number of carbonyl (C=O) groups is 1. The molecule has 142 valence electrons. The number of Topliss-reactive ketones (excluding diaryl/α,β-unsaturated/α-hetero) is 1. The summed E-state index contributed by atoms with van der Waals surface area (Å²) in [5.41, 5.74) is 0.908. The predicted molar refractivity (Wildman–Crippen MR) is 109 cm³/mol. The number of aryl methyl sites for hydroxylation is 1. The van der Waals surface area contributed by atoms with E-state index in [4.69, 9.17) is 16.0 Å². The molecule has 3 heterocycles. The van der Waals surface area contributed by atoms with E-state index in [0.717, 1.165) is 0 Å². The van der Waals surface area contributed by atoms with Gasteiger partial charge in [-0.25, -0.2) is 4.98 Å². The average molecular weight is 414 g/mol. The molecule has 0 aliphatic heterocycles. The molecule has 4 aromatic rings. The summed E-state index contributed by atoms with van der Waals surface area (Å²) in [7, 11) is 1.82. The number of aromatic nitrogens is 3. The fourth-order valence-corrected chi connectivity index (χ4v) is 3.98. The van der Waals surface area contributed by atoms with E-state index in [1.165, 1.54) is 16.3 Å². The smallest absolute Gasteiger partial charge is 0.262 e. The molecule has 0 atom stereocenters. The number of rotatable bonds is 6. The maximum atomic E-state index is 13.1. The van der Waals surface area contributed by atoms with Gasteiger partial charge in [0.2, 0.25) is 0 Å². The topological polar surface area (TPSA) is 70.0 Å². The Bertz CT molecular complexity index is 1210. The first-order valence-electron chi connectivity index (χ1n) is 8.53. The molecule has 8 heteroatoms. The summed E-state index contributed by atoms with van der Waals surface area (Å²) in [6.07, 6.45) is 3.38. The zero-order chi connectivity index (χ0) is 19.7. The van der Waals surface area contributed by atoms with Gasteiger partial charge in [0.1, 0.15) is 5.76 Å². The van der Waals surface area contributed by atoms with Crippen LogP contribution < -0.4 is 5.56 Å². The van der Waals surface area contributed by atoms with Crippen LogP contribution in [0.3, 0.4) is 0 Å². The molecule has 28 heavy (non-hydrogen) atoms. The van der Waals surface area contributed by atoms with Crippen LogP contribution in [0, 0.1) is 0 Å². The van der Waals surface area contributed by atoms with E-state index in [2.05, 4.69) is 4.98 Å². The second-order valence-corrected chi connectivity index (χ2v) is 7.62. The second-order valence-electron chi connectivity index (χ2n) is 6.24. The summed E-state index contributed by atoms with van der Waals surface area (Å²) in [5, 5.41) is 1.41. The van der Waals surface area contributed by atoms with Crippen LogP contribution in [-0.2, 0) is 13.6 Å². The monoisotopic (exact) mass is 413 g/mol. The number of hydrogen-bond acceptors (Lipinski definition) is 5. The maximum absolute atomic E-state index is 13.1. The number of fused-ring (bicyclic) bond motifs is 1. The van der Waals surface area contributed by atoms with Gasteiger partial charge in [0.25, 0.3) is 5.56 Å². The molecule has 0 saturated carbocycles. The first kappa shape index (κ1) is 18.6. The van der Waals surface area contributed by atoms with Gasteiger partial charge in [-0.1, -0.05) is 23.4 Å². The van der Waals surface area contributed by atoms with E-state index < -0.39 is 0 Å². The molecule has 0 fully saturated rings. The molecule has 1 aromatic carbocycles. The highest BCUT2D eigenvalue weighted by molar-refractivity contribution is 7.99.